The van der Waals surface area contributed by atoms with E-state index in [1.54, 1.807) is 4.68 Å². The summed E-state index contributed by atoms with van der Waals surface area (Å²) in [7, 11) is 1.86. The van der Waals surface area contributed by atoms with E-state index in [4.69, 9.17) is 0 Å². The monoisotopic (exact) mass is 427 g/mol. The normalized spacial score (nSPS) is 16.8. The van der Waals surface area contributed by atoms with Gasteiger partial charge in [0.1, 0.15) is 17.3 Å². The van der Waals surface area contributed by atoms with E-state index in [9.17, 15) is 4.79 Å². The largest absolute Gasteiger partial charge is 0.338 e. The Balaban J connectivity index is 0.00000218. The maximum Gasteiger partial charge on any atom is 0.257 e. The molecule has 9 heteroatoms. The molecule has 1 aromatic carbocycles. The van der Waals surface area contributed by atoms with Crippen molar-refractivity contribution in [2.75, 3.05) is 19.6 Å². The first kappa shape index (κ1) is 20.6. The van der Waals surface area contributed by atoms with E-state index in [0.717, 1.165) is 68.5 Å². The van der Waals surface area contributed by atoms with Crippen molar-refractivity contribution in [2.45, 2.75) is 31.8 Å². The summed E-state index contributed by atoms with van der Waals surface area (Å²) in [6.45, 7) is 4.12. The molecule has 0 atom stereocenters. The lowest BCUT2D eigenvalue weighted by Gasteiger charge is -2.32. The smallest absolute Gasteiger partial charge is 0.257 e. The third-order valence-electron chi connectivity index (χ3n) is 5.91. The van der Waals surface area contributed by atoms with Crippen LogP contribution in [0.2, 0.25) is 0 Å². The molecule has 1 amide bonds. The summed E-state index contributed by atoms with van der Waals surface area (Å²) >= 11 is 0. The Morgan fingerprint density at radius 2 is 1.87 bits per heavy atom. The second-order valence-corrected chi connectivity index (χ2v) is 7.80. The molecule has 0 spiro atoms. The molecule has 3 aromatic rings. The fourth-order valence-electron chi connectivity index (χ4n) is 4.38. The number of likely N-dealkylation sites (tertiary alicyclic amines) is 1. The molecule has 2 aliphatic heterocycles. The van der Waals surface area contributed by atoms with E-state index in [2.05, 4.69) is 25.2 Å². The van der Waals surface area contributed by atoms with Crippen LogP contribution in [0.5, 0.6) is 0 Å². The predicted molar refractivity (Wildman–Crippen MR) is 115 cm³/mol. The topological polar surface area (TPSA) is 80.9 Å². The van der Waals surface area contributed by atoms with Gasteiger partial charge in [0.15, 0.2) is 0 Å². The van der Waals surface area contributed by atoms with Crippen molar-refractivity contribution in [1.29, 1.82) is 0 Å². The number of piperidine rings is 1. The number of carbonyl (C=O) groups excluding carboxylic acids is 1. The number of fused-ring (bicyclic) bond motifs is 1. The van der Waals surface area contributed by atoms with Gasteiger partial charge in [0, 0.05) is 50.9 Å². The van der Waals surface area contributed by atoms with Crippen LogP contribution in [0.4, 0.5) is 0 Å². The Kier molecular flexibility index (Phi) is 5.87. The van der Waals surface area contributed by atoms with Crippen LogP contribution in [0.1, 0.15) is 40.8 Å². The van der Waals surface area contributed by atoms with Gasteiger partial charge in [0.25, 0.3) is 5.91 Å². The summed E-state index contributed by atoms with van der Waals surface area (Å²) < 4.78 is 3.98. The van der Waals surface area contributed by atoms with E-state index in [0.29, 0.717) is 11.5 Å². The van der Waals surface area contributed by atoms with Gasteiger partial charge in [-0.2, -0.15) is 5.10 Å². The zero-order valence-corrected chi connectivity index (χ0v) is 17.8. The number of rotatable bonds is 3. The van der Waals surface area contributed by atoms with Crippen LogP contribution >= 0.6 is 12.4 Å². The number of nitrogens with one attached hydrogen (secondary N) is 1. The van der Waals surface area contributed by atoms with Crippen LogP contribution in [-0.2, 0) is 20.1 Å². The van der Waals surface area contributed by atoms with Crippen LogP contribution in [0.25, 0.3) is 11.3 Å². The van der Waals surface area contributed by atoms with Gasteiger partial charge in [-0.05, 0) is 12.8 Å². The number of hydrogen-bond acceptors (Lipinski definition) is 5. The minimum atomic E-state index is 0. The van der Waals surface area contributed by atoms with Gasteiger partial charge in [0.2, 0.25) is 0 Å². The van der Waals surface area contributed by atoms with Gasteiger partial charge in [-0.15, -0.1) is 22.6 Å². The number of amides is 1. The van der Waals surface area contributed by atoms with Crippen LogP contribution in [0.3, 0.4) is 0 Å². The summed E-state index contributed by atoms with van der Waals surface area (Å²) in [5.41, 5.74) is 2.39. The van der Waals surface area contributed by atoms with Crippen molar-refractivity contribution in [3.63, 3.8) is 0 Å². The van der Waals surface area contributed by atoms with Gasteiger partial charge in [0.05, 0.1) is 12.1 Å². The number of carbonyl (C=O) groups is 1. The third kappa shape index (κ3) is 3.73. The number of aryl methyl sites for hydroxylation is 1. The number of nitrogens with zero attached hydrogens (tertiary/aromatic N) is 6. The summed E-state index contributed by atoms with van der Waals surface area (Å²) in [6.07, 6.45) is 3.66. The number of halogens is 1. The summed E-state index contributed by atoms with van der Waals surface area (Å²) in [6, 6.07) is 9.90. The summed E-state index contributed by atoms with van der Waals surface area (Å²) in [4.78, 5) is 15.2. The Morgan fingerprint density at radius 1 is 1.10 bits per heavy atom. The standard InChI is InChI=1S/C21H25N7O.ClH/c1-26-14-17(19(25-26)15-5-3-2-4-6-15)21(29)27-10-7-16(8-11-27)20-24-23-18-13-22-9-12-28(18)20;/h2-6,14,16,22H,7-13H2,1H3;1H. The molecular weight excluding hydrogens is 402 g/mol. The van der Waals surface area contributed by atoms with E-state index in [-0.39, 0.29) is 18.3 Å². The van der Waals surface area contributed by atoms with E-state index < -0.39 is 0 Å². The number of benzene rings is 1. The first-order valence-electron chi connectivity index (χ1n) is 10.2. The van der Waals surface area contributed by atoms with Gasteiger partial charge >= 0.3 is 0 Å². The van der Waals surface area contributed by atoms with Crippen LogP contribution in [-0.4, -0.2) is 55.0 Å². The summed E-state index contributed by atoms with van der Waals surface area (Å²) in [5.74, 6) is 2.52. The van der Waals surface area contributed by atoms with E-state index >= 15 is 0 Å². The van der Waals surface area contributed by atoms with Gasteiger partial charge in [-0.25, -0.2) is 0 Å². The zero-order chi connectivity index (χ0) is 19.8. The highest BCUT2D eigenvalue weighted by atomic mass is 35.5. The molecule has 0 radical (unpaired) electrons. The Morgan fingerprint density at radius 3 is 2.63 bits per heavy atom. The average molecular weight is 428 g/mol. The average Bonchev–Trinajstić information content (AvgIpc) is 3.38. The molecule has 0 aliphatic carbocycles. The van der Waals surface area contributed by atoms with Crippen molar-refractivity contribution in [2.24, 2.45) is 7.05 Å². The lowest BCUT2D eigenvalue weighted by atomic mass is 9.95. The lowest BCUT2D eigenvalue weighted by Crippen LogP contribution is -2.39. The first-order valence-corrected chi connectivity index (χ1v) is 10.2. The summed E-state index contributed by atoms with van der Waals surface area (Å²) in [5, 5.41) is 16.7. The molecule has 1 N–H and O–H groups in total. The molecule has 0 bridgehead atoms. The highest BCUT2D eigenvalue weighted by Crippen LogP contribution is 2.30. The van der Waals surface area contributed by atoms with Crippen molar-refractivity contribution < 1.29 is 4.79 Å². The Bertz CT molecular complexity index is 1020. The van der Waals surface area contributed by atoms with E-state index in [1.165, 1.54) is 0 Å². The van der Waals surface area contributed by atoms with Crippen molar-refractivity contribution >= 4 is 18.3 Å². The van der Waals surface area contributed by atoms with Gasteiger partial charge < -0.3 is 14.8 Å². The zero-order valence-electron chi connectivity index (χ0n) is 17.0. The molecular formula is C21H26ClN7O. The molecule has 0 unspecified atom stereocenters. The molecule has 1 saturated heterocycles. The second-order valence-electron chi connectivity index (χ2n) is 7.80. The lowest BCUT2D eigenvalue weighted by molar-refractivity contribution is 0.0710. The van der Waals surface area contributed by atoms with Gasteiger partial charge in [-0.1, -0.05) is 30.3 Å². The molecule has 5 rings (SSSR count). The van der Waals surface area contributed by atoms with Crippen molar-refractivity contribution in [1.82, 2.24) is 34.8 Å². The Hall–Kier alpha value is -2.71. The molecule has 0 saturated carbocycles. The fraction of sp³-hybridized carbons (Fsp3) is 0.429. The van der Waals surface area contributed by atoms with Crippen LogP contribution < -0.4 is 5.32 Å². The van der Waals surface area contributed by atoms with Gasteiger partial charge in [-0.3, -0.25) is 9.48 Å². The molecule has 158 valence electrons. The highest BCUT2D eigenvalue weighted by molar-refractivity contribution is 5.99. The number of hydrogen-bond donors (Lipinski definition) is 1. The van der Waals surface area contributed by atoms with Crippen LogP contribution in [0, 0.1) is 0 Å². The molecule has 30 heavy (non-hydrogen) atoms. The fourth-order valence-corrected chi connectivity index (χ4v) is 4.38. The molecule has 8 nitrogen and oxygen atoms in total. The number of aromatic nitrogens is 5. The minimum absolute atomic E-state index is 0. The highest BCUT2D eigenvalue weighted by Gasteiger charge is 2.30. The molecule has 1 fully saturated rings. The molecule has 2 aromatic heterocycles. The van der Waals surface area contributed by atoms with E-state index in [1.807, 2.05) is 48.5 Å². The second kappa shape index (κ2) is 8.57. The first-order chi connectivity index (χ1) is 14.2. The Labute approximate surface area is 181 Å². The van der Waals surface area contributed by atoms with Crippen molar-refractivity contribution in [3.05, 3.63) is 53.7 Å². The van der Waals surface area contributed by atoms with Crippen molar-refractivity contribution in [3.8, 4) is 11.3 Å². The maximum atomic E-state index is 13.3. The quantitative estimate of drug-likeness (QED) is 0.693. The third-order valence-corrected chi connectivity index (χ3v) is 5.91. The minimum Gasteiger partial charge on any atom is -0.338 e. The molecule has 2 aliphatic rings. The SMILES string of the molecule is Cl.Cn1cc(C(=O)N2CCC(c3nnc4n3CCNC4)CC2)c(-c2ccccc2)n1. The van der Waals surface area contributed by atoms with Crippen LogP contribution in [0.15, 0.2) is 36.5 Å². The maximum absolute atomic E-state index is 13.3. The molecule has 4 heterocycles. The predicted octanol–water partition coefficient (Wildman–Crippen LogP) is 2.22.